The Morgan fingerprint density at radius 3 is 3.21 bits per heavy atom. The quantitative estimate of drug-likeness (QED) is 0.800. The Labute approximate surface area is 112 Å². The van der Waals surface area contributed by atoms with Crippen LogP contribution in [0.1, 0.15) is 25.6 Å². The van der Waals surface area contributed by atoms with Gasteiger partial charge in [0.1, 0.15) is 0 Å². The Morgan fingerprint density at radius 2 is 2.42 bits per heavy atom. The average molecular weight is 261 g/mol. The van der Waals surface area contributed by atoms with Crippen molar-refractivity contribution >= 4 is 5.84 Å². The summed E-state index contributed by atoms with van der Waals surface area (Å²) in [5.41, 5.74) is 2.60. The standard InChI is InChI=1S/C13H19N5O/c1-9-8-18-6-3-4-10(18)13(9)15-11(16-19-13)12-14-5-7-17(12)2/h5,7,9-10H,3-4,6,8H2,1-2H3,(H,15,16). The van der Waals surface area contributed by atoms with Crippen LogP contribution in [-0.4, -0.2) is 45.1 Å². The highest BCUT2D eigenvalue weighted by molar-refractivity contribution is 5.96. The van der Waals surface area contributed by atoms with Gasteiger partial charge >= 0.3 is 0 Å². The van der Waals surface area contributed by atoms with E-state index in [4.69, 9.17) is 9.83 Å². The van der Waals surface area contributed by atoms with Crippen LogP contribution < -0.4 is 5.48 Å². The molecule has 3 unspecified atom stereocenters. The van der Waals surface area contributed by atoms with Crippen LogP contribution >= 0.6 is 0 Å². The molecule has 1 aromatic heterocycles. The minimum Gasteiger partial charge on any atom is -0.331 e. The van der Waals surface area contributed by atoms with E-state index in [1.165, 1.54) is 19.4 Å². The number of nitrogens with one attached hydrogen (secondary N) is 1. The Balaban J connectivity index is 1.73. The maximum Gasteiger partial charge on any atom is 0.206 e. The van der Waals surface area contributed by atoms with Gasteiger partial charge in [0.05, 0.1) is 6.04 Å². The van der Waals surface area contributed by atoms with Crippen molar-refractivity contribution in [2.75, 3.05) is 13.1 Å². The molecule has 3 aliphatic heterocycles. The molecule has 1 aromatic rings. The van der Waals surface area contributed by atoms with Gasteiger partial charge in [-0.15, -0.1) is 0 Å². The average Bonchev–Trinajstić information content (AvgIpc) is 3.08. The van der Waals surface area contributed by atoms with E-state index in [1.54, 1.807) is 6.20 Å². The Morgan fingerprint density at radius 1 is 1.53 bits per heavy atom. The minimum atomic E-state index is -0.419. The number of imidazole rings is 1. The second-order valence-electron chi connectivity index (χ2n) is 5.83. The minimum absolute atomic E-state index is 0.406. The molecule has 0 amide bonds. The second kappa shape index (κ2) is 3.80. The molecule has 4 heterocycles. The van der Waals surface area contributed by atoms with Crippen LogP contribution in [-0.2, 0) is 11.9 Å². The molecule has 0 aromatic carbocycles. The third-order valence-corrected chi connectivity index (χ3v) is 4.69. The van der Waals surface area contributed by atoms with Gasteiger partial charge in [0.25, 0.3) is 0 Å². The van der Waals surface area contributed by atoms with Gasteiger partial charge in [-0.1, -0.05) is 6.92 Å². The van der Waals surface area contributed by atoms with Gasteiger partial charge in [0.2, 0.25) is 5.72 Å². The molecule has 2 saturated heterocycles. The van der Waals surface area contributed by atoms with Gasteiger partial charge in [-0.2, -0.15) is 0 Å². The number of rotatable bonds is 1. The van der Waals surface area contributed by atoms with E-state index >= 15 is 0 Å². The maximum absolute atomic E-state index is 5.97. The summed E-state index contributed by atoms with van der Waals surface area (Å²) in [6.45, 7) is 4.47. The smallest absolute Gasteiger partial charge is 0.206 e. The highest BCUT2D eigenvalue weighted by atomic mass is 16.7. The largest absolute Gasteiger partial charge is 0.331 e. The van der Waals surface area contributed by atoms with Gasteiger partial charge in [-0.25, -0.2) is 20.3 Å². The van der Waals surface area contributed by atoms with Crippen molar-refractivity contribution in [2.24, 2.45) is 18.0 Å². The van der Waals surface area contributed by atoms with E-state index in [2.05, 4.69) is 22.3 Å². The van der Waals surface area contributed by atoms with Gasteiger partial charge in [0.15, 0.2) is 11.7 Å². The topological polar surface area (TPSA) is 54.7 Å². The highest BCUT2D eigenvalue weighted by Crippen LogP contribution is 2.44. The number of hydroxylamine groups is 1. The zero-order valence-corrected chi connectivity index (χ0v) is 11.3. The lowest BCUT2D eigenvalue weighted by atomic mass is 9.94. The van der Waals surface area contributed by atoms with Crippen LogP contribution in [0.15, 0.2) is 17.4 Å². The number of amidine groups is 1. The van der Waals surface area contributed by atoms with Gasteiger partial charge in [0, 0.05) is 31.9 Å². The number of hydrogen-bond acceptors (Lipinski definition) is 5. The molecule has 1 N–H and O–H groups in total. The summed E-state index contributed by atoms with van der Waals surface area (Å²) in [5, 5.41) is 0. The van der Waals surface area contributed by atoms with Crippen LogP contribution in [0.4, 0.5) is 0 Å². The van der Waals surface area contributed by atoms with E-state index < -0.39 is 5.72 Å². The summed E-state index contributed by atoms with van der Waals surface area (Å²) < 4.78 is 1.96. The molecule has 6 nitrogen and oxygen atoms in total. The zero-order valence-electron chi connectivity index (χ0n) is 11.3. The first-order valence-electron chi connectivity index (χ1n) is 6.96. The molecule has 2 fully saturated rings. The van der Waals surface area contributed by atoms with Gasteiger partial charge in [-0.3, -0.25) is 4.90 Å². The molecule has 0 radical (unpaired) electrons. The molecule has 19 heavy (non-hydrogen) atoms. The Hall–Kier alpha value is -1.40. The van der Waals surface area contributed by atoms with E-state index in [1.807, 2.05) is 17.8 Å². The van der Waals surface area contributed by atoms with E-state index in [9.17, 15) is 0 Å². The lowest BCUT2D eigenvalue weighted by Gasteiger charge is -2.28. The molecule has 6 heteroatoms. The van der Waals surface area contributed by atoms with Gasteiger partial charge in [-0.05, 0) is 19.4 Å². The fraction of sp³-hybridized carbons (Fsp3) is 0.692. The van der Waals surface area contributed by atoms with Crippen molar-refractivity contribution in [1.29, 1.82) is 0 Å². The van der Waals surface area contributed by atoms with E-state index in [0.29, 0.717) is 12.0 Å². The summed E-state index contributed by atoms with van der Waals surface area (Å²) in [5.74, 6) is 2.00. The Kier molecular flexibility index (Phi) is 2.29. The molecule has 1 spiro atoms. The number of aliphatic imine (C=N–C) groups is 1. The van der Waals surface area contributed by atoms with Crippen molar-refractivity contribution in [2.45, 2.75) is 31.5 Å². The first-order chi connectivity index (χ1) is 9.21. The highest BCUT2D eigenvalue weighted by Gasteiger charge is 2.58. The molecule has 0 aliphatic carbocycles. The third kappa shape index (κ3) is 1.44. The molecule has 3 atom stereocenters. The number of hydrogen-bond donors (Lipinski definition) is 1. The van der Waals surface area contributed by atoms with Crippen molar-refractivity contribution in [3.05, 3.63) is 18.2 Å². The SMILES string of the molecule is CC1CN2CCCC2C12N=C(c1nccn1C)NO2. The number of nitrogens with zero attached hydrogens (tertiary/aromatic N) is 4. The molecular weight excluding hydrogens is 242 g/mol. The molecular formula is C13H19N5O. The Bertz CT molecular complexity index is 539. The molecule has 0 saturated carbocycles. The predicted octanol–water partition coefficient (Wildman–Crippen LogP) is 0.512. The van der Waals surface area contributed by atoms with Gasteiger partial charge < -0.3 is 4.57 Å². The molecule has 102 valence electrons. The second-order valence-corrected chi connectivity index (χ2v) is 5.83. The van der Waals surface area contributed by atoms with Crippen molar-refractivity contribution < 1.29 is 4.84 Å². The maximum atomic E-state index is 5.97. The summed E-state index contributed by atoms with van der Waals surface area (Å²) in [7, 11) is 1.97. The predicted molar refractivity (Wildman–Crippen MR) is 70.5 cm³/mol. The molecule has 0 bridgehead atoms. The first-order valence-corrected chi connectivity index (χ1v) is 6.96. The monoisotopic (exact) mass is 261 g/mol. The fourth-order valence-corrected chi connectivity index (χ4v) is 3.72. The fourth-order valence-electron chi connectivity index (χ4n) is 3.72. The third-order valence-electron chi connectivity index (χ3n) is 4.69. The van der Waals surface area contributed by atoms with Crippen LogP contribution in [0.5, 0.6) is 0 Å². The number of aromatic nitrogens is 2. The van der Waals surface area contributed by atoms with Crippen LogP contribution in [0.2, 0.25) is 0 Å². The number of aryl methyl sites for hydroxylation is 1. The molecule has 4 rings (SSSR count). The molecule has 3 aliphatic rings. The lowest BCUT2D eigenvalue weighted by molar-refractivity contribution is -0.0901. The van der Waals surface area contributed by atoms with Crippen molar-refractivity contribution in [3.63, 3.8) is 0 Å². The van der Waals surface area contributed by atoms with E-state index in [0.717, 1.165) is 18.2 Å². The van der Waals surface area contributed by atoms with Crippen LogP contribution in [0.25, 0.3) is 0 Å². The van der Waals surface area contributed by atoms with Crippen molar-refractivity contribution in [3.8, 4) is 0 Å². The summed E-state index contributed by atoms with van der Waals surface area (Å²) in [4.78, 5) is 17.7. The first kappa shape index (κ1) is 11.4. The van der Waals surface area contributed by atoms with E-state index in [-0.39, 0.29) is 0 Å². The normalized spacial score (nSPS) is 37.7. The van der Waals surface area contributed by atoms with Crippen LogP contribution in [0, 0.1) is 5.92 Å². The van der Waals surface area contributed by atoms with Crippen molar-refractivity contribution in [1.82, 2.24) is 19.9 Å². The lowest BCUT2D eigenvalue weighted by Crippen LogP contribution is -2.44. The summed E-state index contributed by atoms with van der Waals surface area (Å²) >= 11 is 0. The van der Waals surface area contributed by atoms with Crippen LogP contribution in [0.3, 0.4) is 0 Å². The summed E-state index contributed by atoms with van der Waals surface area (Å²) in [6, 6.07) is 0.410. The zero-order chi connectivity index (χ0) is 13.0. The number of fused-ring (bicyclic) bond motifs is 2. The summed E-state index contributed by atoms with van der Waals surface area (Å²) in [6.07, 6.45) is 6.12.